The van der Waals surface area contributed by atoms with Crippen molar-refractivity contribution in [2.75, 3.05) is 24.6 Å². The molecule has 1 aliphatic rings. The number of aromatic nitrogens is 2. The molecule has 1 aliphatic heterocycles. The monoisotopic (exact) mass is 305 g/mol. The van der Waals surface area contributed by atoms with Crippen LogP contribution in [0.3, 0.4) is 0 Å². The summed E-state index contributed by atoms with van der Waals surface area (Å²) in [4.78, 5) is 10.1. The van der Waals surface area contributed by atoms with Gasteiger partial charge in [-0.15, -0.1) is 0 Å². The second-order valence-corrected chi connectivity index (χ2v) is 4.96. The van der Waals surface area contributed by atoms with Crippen molar-refractivity contribution in [2.45, 2.75) is 32.0 Å². The fourth-order valence-electron chi connectivity index (χ4n) is 2.42. The van der Waals surface area contributed by atoms with Crippen molar-refractivity contribution in [1.82, 2.24) is 9.97 Å². The van der Waals surface area contributed by atoms with Crippen molar-refractivity contribution in [3.8, 4) is 5.88 Å². The lowest BCUT2D eigenvalue weighted by Crippen LogP contribution is -2.43. The molecule has 1 N–H and O–H groups in total. The summed E-state index contributed by atoms with van der Waals surface area (Å²) in [5.74, 6) is 0.220. The largest absolute Gasteiger partial charge is 0.477 e. The predicted molar refractivity (Wildman–Crippen MR) is 70.2 cm³/mol. The number of hydrogen-bond acceptors (Lipinski definition) is 5. The molecule has 0 aromatic carbocycles. The van der Waals surface area contributed by atoms with Gasteiger partial charge in [-0.1, -0.05) is 0 Å². The number of nitrogens with zero attached hydrogens (tertiary/aromatic N) is 3. The van der Waals surface area contributed by atoms with Crippen LogP contribution in [0.2, 0.25) is 0 Å². The summed E-state index contributed by atoms with van der Waals surface area (Å²) in [5.41, 5.74) is 0. The molecule has 1 aromatic heterocycles. The van der Waals surface area contributed by atoms with Crippen molar-refractivity contribution < 1.29 is 23.0 Å². The van der Waals surface area contributed by atoms with Crippen LogP contribution in [0.25, 0.3) is 0 Å². The number of alkyl halides is 3. The number of rotatable bonds is 4. The van der Waals surface area contributed by atoms with Crippen LogP contribution < -0.4 is 9.64 Å². The number of aliphatic hydroxyl groups is 1. The molecule has 1 saturated heterocycles. The van der Waals surface area contributed by atoms with Gasteiger partial charge in [-0.2, -0.15) is 18.2 Å². The maximum absolute atomic E-state index is 12.5. The second kappa shape index (κ2) is 6.46. The maximum Gasteiger partial charge on any atom is 0.414 e. The number of ether oxygens (including phenoxy) is 1. The van der Waals surface area contributed by atoms with E-state index in [-0.39, 0.29) is 12.8 Å². The average molecular weight is 305 g/mol. The molecule has 2 heterocycles. The smallest absolute Gasteiger partial charge is 0.414 e. The van der Waals surface area contributed by atoms with E-state index in [9.17, 15) is 18.3 Å². The van der Waals surface area contributed by atoms with Crippen molar-refractivity contribution >= 4 is 5.82 Å². The Kier molecular flexibility index (Phi) is 4.87. The highest BCUT2D eigenvalue weighted by atomic mass is 19.4. The van der Waals surface area contributed by atoms with Crippen LogP contribution in [0.15, 0.2) is 12.4 Å². The molecule has 1 fully saturated rings. The van der Waals surface area contributed by atoms with Crippen LogP contribution in [0.5, 0.6) is 5.88 Å². The van der Waals surface area contributed by atoms with Gasteiger partial charge in [-0.25, -0.2) is 0 Å². The predicted octanol–water partition coefficient (Wildman–Crippen LogP) is 2.01. The van der Waals surface area contributed by atoms with E-state index in [0.29, 0.717) is 31.4 Å². The normalized spacial score (nSPS) is 18.6. The van der Waals surface area contributed by atoms with Crippen molar-refractivity contribution in [3.05, 3.63) is 12.4 Å². The molecule has 1 atom stereocenters. The number of aliphatic hydroxyl groups excluding tert-OH is 1. The summed E-state index contributed by atoms with van der Waals surface area (Å²) in [6, 6.07) is 0. The van der Waals surface area contributed by atoms with Gasteiger partial charge in [0.05, 0.1) is 19.0 Å². The average Bonchev–Trinajstić information content (AvgIpc) is 2.46. The van der Waals surface area contributed by atoms with Crippen LogP contribution in [-0.4, -0.2) is 47.1 Å². The molecule has 8 heteroatoms. The third kappa shape index (κ3) is 3.96. The number of hydrogen-bond donors (Lipinski definition) is 1. The molecule has 0 spiro atoms. The first-order valence-corrected chi connectivity index (χ1v) is 6.86. The van der Waals surface area contributed by atoms with E-state index in [1.54, 1.807) is 6.20 Å². The highest BCUT2D eigenvalue weighted by Crippen LogP contribution is 2.32. The van der Waals surface area contributed by atoms with Crippen molar-refractivity contribution in [1.29, 1.82) is 0 Å². The highest BCUT2D eigenvalue weighted by molar-refractivity contribution is 5.38. The molecule has 0 aliphatic carbocycles. The quantitative estimate of drug-likeness (QED) is 0.922. The Balaban J connectivity index is 1.96. The number of piperidine rings is 1. The van der Waals surface area contributed by atoms with Gasteiger partial charge in [0, 0.05) is 13.1 Å². The Morgan fingerprint density at radius 1 is 1.38 bits per heavy atom. The Hall–Kier alpha value is -1.57. The van der Waals surface area contributed by atoms with E-state index in [0.717, 1.165) is 0 Å². The van der Waals surface area contributed by atoms with E-state index in [1.807, 2.05) is 11.8 Å². The lowest BCUT2D eigenvalue weighted by atomic mass is 9.91. The number of anilines is 1. The minimum absolute atomic E-state index is 0.265. The molecular weight excluding hydrogens is 287 g/mol. The van der Waals surface area contributed by atoms with Crippen LogP contribution in [0, 0.1) is 5.92 Å². The molecule has 21 heavy (non-hydrogen) atoms. The lowest BCUT2D eigenvalue weighted by molar-refractivity contribution is -0.221. The molecule has 118 valence electrons. The summed E-state index contributed by atoms with van der Waals surface area (Å²) < 4.78 is 42.7. The maximum atomic E-state index is 12.5. The fraction of sp³-hybridized carbons (Fsp3) is 0.692. The zero-order valence-corrected chi connectivity index (χ0v) is 11.7. The third-order valence-electron chi connectivity index (χ3n) is 3.54. The summed E-state index contributed by atoms with van der Waals surface area (Å²) in [7, 11) is 0. The summed E-state index contributed by atoms with van der Waals surface area (Å²) >= 11 is 0. The first-order chi connectivity index (χ1) is 9.91. The molecular formula is C13H18F3N3O2. The van der Waals surface area contributed by atoms with Gasteiger partial charge in [-0.3, -0.25) is 4.98 Å². The zero-order valence-electron chi connectivity index (χ0n) is 11.7. The standard InChI is InChI=1S/C13H18F3N3O2/c1-2-21-11-8-17-7-10(18-11)19-5-3-9(4-6-19)12(20)13(14,15)16/h7-9,12,20H,2-6H2,1H3. The van der Waals surface area contributed by atoms with Gasteiger partial charge < -0.3 is 14.7 Å². The summed E-state index contributed by atoms with van der Waals surface area (Å²) in [6.07, 6.45) is -3.22. The van der Waals surface area contributed by atoms with E-state index in [4.69, 9.17) is 4.74 Å². The fourth-order valence-corrected chi connectivity index (χ4v) is 2.42. The van der Waals surface area contributed by atoms with Gasteiger partial charge in [-0.05, 0) is 25.7 Å². The first kappa shape index (κ1) is 15.8. The molecule has 5 nitrogen and oxygen atoms in total. The third-order valence-corrected chi connectivity index (χ3v) is 3.54. The van der Waals surface area contributed by atoms with Crippen LogP contribution in [0.1, 0.15) is 19.8 Å². The molecule has 0 saturated carbocycles. The Labute approximate surface area is 120 Å². The number of halogens is 3. The zero-order chi connectivity index (χ0) is 15.5. The summed E-state index contributed by atoms with van der Waals surface area (Å²) in [6.45, 7) is 3.11. The minimum Gasteiger partial charge on any atom is -0.477 e. The molecule has 0 amide bonds. The Morgan fingerprint density at radius 3 is 2.62 bits per heavy atom. The van der Waals surface area contributed by atoms with E-state index in [1.165, 1.54) is 6.20 Å². The molecule has 1 unspecified atom stereocenters. The van der Waals surface area contributed by atoms with E-state index in [2.05, 4.69) is 9.97 Å². The molecule has 0 bridgehead atoms. The van der Waals surface area contributed by atoms with Gasteiger partial charge in [0.15, 0.2) is 11.9 Å². The van der Waals surface area contributed by atoms with E-state index < -0.39 is 18.2 Å². The van der Waals surface area contributed by atoms with Crippen molar-refractivity contribution in [3.63, 3.8) is 0 Å². The van der Waals surface area contributed by atoms with Crippen LogP contribution >= 0.6 is 0 Å². The first-order valence-electron chi connectivity index (χ1n) is 6.86. The molecule has 1 aromatic rings. The minimum atomic E-state index is -4.55. The highest BCUT2D eigenvalue weighted by Gasteiger charge is 2.44. The molecule has 2 rings (SSSR count). The lowest BCUT2D eigenvalue weighted by Gasteiger charge is -2.35. The van der Waals surface area contributed by atoms with Gasteiger partial charge in [0.2, 0.25) is 5.88 Å². The Bertz CT molecular complexity index is 462. The van der Waals surface area contributed by atoms with Gasteiger partial charge in [0.1, 0.15) is 0 Å². The topological polar surface area (TPSA) is 58.5 Å². The summed E-state index contributed by atoms with van der Waals surface area (Å²) in [5, 5.41) is 9.29. The Morgan fingerprint density at radius 2 is 2.05 bits per heavy atom. The van der Waals surface area contributed by atoms with Crippen LogP contribution in [0.4, 0.5) is 19.0 Å². The van der Waals surface area contributed by atoms with Gasteiger partial charge in [0.25, 0.3) is 0 Å². The second-order valence-electron chi connectivity index (χ2n) is 4.96. The van der Waals surface area contributed by atoms with E-state index >= 15 is 0 Å². The SMILES string of the molecule is CCOc1cncc(N2CCC(C(O)C(F)(F)F)CC2)n1. The van der Waals surface area contributed by atoms with Gasteiger partial charge >= 0.3 is 6.18 Å². The molecule has 0 radical (unpaired) electrons. The van der Waals surface area contributed by atoms with Crippen LogP contribution in [-0.2, 0) is 0 Å². The van der Waals surface area contributed by atoms with Crippen molar-refractivity contribution in [2.24, 2.45) is 5.92 Å².